The van der Waals surface area contributed by atoms with E-state index in [1.165, 1.54) is 6.21 Å². The van der Waals surface area contributed by atoms with E-state index in [0.29, 0.717) is 11.4 Å². The van der Waals surface area contributed by atoms with Crippen LogP contribution in [0.5, 0.6) is 0 Å². The van der Waals surface area contributed by atoms with Crippen molar-refractivity contribution in [3.8, 4) is 0 Å². The lowest BCUT2D eigenvalue weighted by atomic mass is 10.2. The van der Waals surface area contributed by atoms with Gasteiger partial charge in [0.15, 0.2) is 9.84 Å². The number of carbonyl (C=O) groups excluding carboxylic acids is 1. The maximum absolute atomic E-state index is 11.9. The van der Waals surface area contributed by atoms with Crippen molar-refractivity contribution in [1.29, 1.82) is 0 Å². The van der Waals surface area contributed by atoms with E-state index in [0.717, 1.165) is 5.56 Å². The summed E-state index contributed by atoms with van der Waals surface area (Å²) >= 11 is 5.77. The molecule has 6 nitrogen and oxygen atoms in total. The fourth-order valence-corrected chi connectivity index (χ4v) is 3.81. The van der Waals surface area contributed by atoms with Crippen molar-refractivity contribution in [2.24, 2.45) is 5.16 Å². The number of benzene rings is 1. The minimum atomic E-state index is -3.02. The molecule has 2 atom stereocenters. The second kappa shape index (κ2) is 7.11. The molecule has 120 valence electrons. The second-order valence-corrected chi connectivity index (χ2v) is 7.81. The predicted molar refractivity (Wildman–Crippen MR) is 84.8 cm³/mol. The van der Waals surface area contributed by atoms with Crippen LogP contribution in [0.25, 0.3) is 0 Å². The molecule has 0 aliphatic carbocycles. The number of carbonyl (C=O) groups is 1. The van der Waals surface area contributed by atoms with Gasteiger partial charge in [0.05, 0.1) is 17.7 Å². The molecule has 0 aromatic heterocycles. The van der Waals surface area contributed by atoms with Gasteiger partial charge in [-0.2, -0.15) is 0 Å². The quantitative estimate of drug-likeness (QED) is 0.646. The first-order chi connectivity index (χ1) is 10.4. The number of halogens is 1. The molecule has 1 aromatic rings. The van der Waals surface area contributed by atoms with Gasteiger partial charge >= 0.3 is 0 Å². The van der Waals surface area contributed by atoms with Crippen molar-refractivity contribution in [2.45, 2.75) is 25.5 Å². The molecule has 0 bridgehead atoms. The summed E-state index contributed by atoms with van der Waals surface area (Å²) in [6.45, 7) is 1.55. The molecule has 1 amide bonds. The van der Waals surface area contributed by atoms with Crippen molar-refractivity contribution in [3.05, 3.63) is 34.9 Å². The van der Waals surface area contributed by atoms with Crippen molar-refractivity contribution in [3.63, 3.8) is 0 Å². The summed E-state index contributed by atoms with van der Waals surface area (Å²) < 4.78 is 22.7. The Balaban J connectivity index is 1.80. The Morgan fingerprint density at radius 2 is 2.14 bits per heavy atom. The van der Waals surface area contributed by atoms with E-state index in [1.54, 1.807) is 31.2 Å². The number of nitrogens with one attached hydrogen (secondary N) is 1. The third-order valence-electron chi connectivity index (χ3n) is 3.24. The van der Waals surface area contributed by atoms with E-state index >= 15 is 0 Å². The van der Waals surface area contributed by atoms with Crippen LogP contribution >= 0.6 is 11.6 Å². The van der Waals surface area contributed by atoms with Gasteiger partial charge < -0.3 is 10.2 Å². The van der Waals surface area contributed by atoms with Crippen LogP contribution < -0.4 is 5.32 Å². The monoisotopic (exact) mass is 344 g/mol. The van der Waals surface area contributed by atoms with E-state index in [1.807, 2.05) is 0 Å². The predicted octanol–water partition coefficient (Wildman–Crippen LogP) is 1.38. The van der Waals surface area contributed by atoms with Gasteiger partial charge in [-0.15, -0.1) is 0 Å². The van der Waals surface area contributed by atoms with Gasteiger partial charge in [0.1, 0.15) is 0 Å². The van der Waals surface area contributed by atoms with Crippen LogP contribution in [-0.2, 0) is 19.5 Å². The Morgan fingerprint density at radius 3 is 2.73 bits per heavy atom. The zero-order chi connectivity index (χ0) is 16.2. The average molecular weight is 345 g/mol. The molecule has 1 aliphatic rings. The first-order valence-electron chi connectivity index (χ1n) is 6.81. The van der Waals surface area contributed by atoms with Gasteiger partial charge in [0, 0.05) is 11.1 Å². The van der Waals surface area contributed by atoms with Crippen LogP contribution in [0.2, 0.25) is 5.02 Å². The molecular formula is C14H17ClN2O4S. The Morgan fingerprint density at radius 1 is 1.45 bits per heavy atom. The van der Waals surface area contributed by atoms with Crippen molar-refractivity contribution in [2.75, 3.05) is 11.5 Å². The maximum atomic E-state index is 11.9. The molecule has 2 rings (SSSR count). The molecule has 8 heteroatoms. The summed E-state index contributed by atoms with van der Waals surface area (Å²) in [7, 11) is -3.02. The molecule has 1 N–H and O–H groups in total. The molecule has 1 heterocycles. The number of sulfone groups is 1. The Hall–Kier alpha value is -1.60. The Bertz CT molecular complexity index is 658. The van der Waals surface area contributed by atoms with Crippen LogP contribution in [-0.4, -0.2) is 44.2 Å². The molecule has 22 heavy (non-hydrogen) atoms. The van der Waals surface area contributed by atoms with Crippen LogP contribution in [0.1, 0.15) is 18.9 Å². The van der Waals surface area contributed by atoms with Gasteiger partial charge in [-0.25, -0.2) is 8.42 Å². The standard InChI is InChI=1S/C14H17ClN2O4S/c1-10(14(18)17-13-6-7-22(19,20)9-13)21-16-8-11-2-4-12(15)5-3-11/h2-5,8,10,13H,6-7,9H2,1H3,(H,17,18). The third kappa shape index (κ3) is 4.99. The van der Waals surface area contributed by atoms with Gasteiger partial charge in [-0.05, 0) is 31.0 Å². The van der Waals surface area contributed by atoms with E-state index in [2.05, 4.69) is 10.5 Å². The average Bonchev–Trinajstić information content (AvgIpc) is 2.80. The molecule has 0 saturated carbocycles. The fraction of sp³-hybridized carbons (Fsp3) is 0.429. The number of rotatable bonds is 5. The first-order valence-corrected chi connectivity index (χ1v) is 9.01. The third-order valence-corrected chi connectivity index (χ3v) is 5.26. The molecule has 1 fully saturated rings. The molecule has 1 aliphatic heterocycles. The highest BCUT2D eigenvalue weighted by Crippen LogP contribution is 2.12. The molecule has 0 spiro atoms. The van der Waals surface area contributed by atoms with Crippen LogP contribution in [0.15, 0.2) is 29.4 Å². The minimum Gasteiger partial charge on any atom is -0.383 e. The smallest absolute Gasteiger partial charge is 0.263 e. The van der Waals surface area contributed by atoms with Gasteiger partial charge in [0.2, 0.25) is 6.10 Å². The molecule has 2 unspecified atom stereocenters. The Labute approximate surface area is 134 Å². The topological polar surface area (TPSA) is 84.8 Å². The summed E-state index contributed by atoms with van der Waals surface area (Å²) in [5, 5.41) is 7.03. The lowest BCUT2D eigenvalue weighted by Gasteiger charge is -2.14. The Kier molecular flexibility index (Phi) is 5.42. The minimum absolute atomic E-state index is 0.0144. The number of nitrogens with zero attached hydrogens (tertiary/aromatic N) is 1. The maximum Gasteiger partial charge on any atom is 0.263 e. The second-order valence-electron chi connectivity index (χ2n) is 5.14. The molecule has 0 radical (unpaired) electrons. The van der Waals surface area contributed by atoms with Gasteiger partial charge in [-0.1, -0.05) is 28.9 Å². The molecular weight excluding hydrogens is 328 g/mol. The highest BCUT2D eigenvalue weighted by Gasteiger charge is 2.30. The van der Waals surface area contributed by atoms with Crippen molar-refractivity contribution >= 4 is 33.6 Å². The van der Waals surface area contributed by atoms with Gasteiger partial charge in [-0.3, -0.25) is 4.79 Å². The lowest BCUT2D eigenvalue weighted by Crippen LogP contribution is -2.41. The van der Waals surface area contributed by atoms with E-state index < -0.39 is 15.9 Å². The molecule has 1 aromatic carbocycles. The van der Waals surface area contributed by atoms with Crippen molar-refractivity contribution < 1.29 is 18.0 Å². The number of hydrogen-bond donors (Lipinski definition) is 1. The summed E-state index contributed by atoms with van der Waals surface area (Å²) in [4.78, 5) is 16.9. The summed E-state index contributed by atoms with van der Waals surface area (Å²) in [6.07, 6.45) is 1.11. The van der Waals surface area contributed by atoms with Gasteiger partial charge in [0.25, 0.3) is 5.91 Å². The van der Waals surface area contributed by atoms with Crippen LogP contribution in [0.3, 0.4) is 0 Å². The summed E-state index contributed by atoms with van der Waals surface area (Å²) in [6, 6.07) is 6.63. The van der Waals surface area contributed by atoms with Crippen molar-refractivity contribution in [1.82, 2.24) is 5.32 Å². The first kappa shape index (κ1) is 16.8. The normalized spacial score (nSPS) is 21.6. The van der Waals surface area contributed by atoms with E-state index in [-0.39, 0.29) is 23.5 Å². The zero-order valence-corrected chi connectivity index (χ0v) is 13.6. The van der Waals surface area contributed by atoms with E-state index in [9.17, 15) is 13.2 Å². The SMILES string of the molecule is CC(ON=Cc1ccc(Cl)cc1)C(=O)NC1CCS(=O)(=O)C1. The highest BCUT2D eigenvalue weighted by atomic mass is 35.5. The molecule has 1 saturated heterocycles. The van der Waals surface area contributed by atoms with Crippen LogP contribution in [0, 0.1) is 0 Å². The number of oxime groups is 1. The largest absolute Gasteiger partial charge is 0.383 e. The van der Waals surface area contributed by atoms with Crippen LogP contribution in [0.4, 0.5) is 0 Å². The zero-order valence-electron chi connectivity index (χ0n) is 12.0. The lowest BCUT2D eigenvalue weighted by molar-refractivity contribution is -0.132. The summed E-state index contributed by atoms with van der Waals surface area (Å²) in [5.74, 6) is -0.281. The van der Waals surface area contributed by atoms with E-state index in [4.69, 9.17) is 16.4 Å². The highest BCUT2D eigenvalue weighted by molar-refractivity contribution is 7.91. The number of amides is 1. The number of hydrogen-bond acceptors (Lipinski definition) is 5. The summed E-state index contributed by atoms with van der Waals surface area (Å²) in [5.41, 5.74) is 0.791. The fourth-order valence-electron chi connectivity index (χ4n) is 2.01.